The molecule has 0 aromatic rings. The molecule has 4 aliphatic rings. The highest BCUT2D eigenvalue weighted by Gasteiger charge is 2.54. The molecule has 18 heavy (non-hydrogen) atoms. The molecule has 4 saturated carbocycles. The van der Waals surface area contributed by atoms with Crippen LogP contribution in [-0.2, 0) is 0 Å². The predicted octanol–water partition coefficient (Wildman–Crippen LogP) is 4.21. The third kappa shape index (κ3) is 2.24. The fourth-order valence-electron chi connectivity index (χ4n) is 6.23. The van der Waals surface area contributed by atoms with Crippen LogP contribution in [0.3, 0.4) is 0 Å². The molecule has 0 aromatic carbocycles. The van der Waals surface area contributed by atoms with Gasteiger partial charge in [0.25, 0.3) is 0 Å². The molecule has 4 aliphatic carbocycles. The van der Waals surface area contributed by atoms with E-state index in [2.05, 4.69) is 20.8 Å². The number of hydrogen-bond acceptors (Lipinski definition) is 1. The van der Waals surface area contributed by atoms with Gasteiger partial charge in [-0.3, -0.25) is 0 Å². The smallest absolute Gasteiger partial charge is 0.00133 e. The minimum absolute atomic E-state index is 0.411. The minimum atomic E-state index is 0.411. The molecular weight excluding hydrogens is 218 g/mol. The average Bonchev–Trinajstić information content (AvgIpc) is 2.20. The van der Waals surface area contributed by atoms with Crippen molar-refractivity contribution in [1.82, 2.24) is 0 Å². The van der Waals surface area contributed by atoms with Crippen molar-refractivity contribution in [3.8, 4) is 0 Å². The van der Waals surface area contributed by atoms with Crippen LogP contribution in [0.5, 0.6) is 0 Å². The Balaban J connectivity index is 1.75. The molecule has 4 fully saturated rings. The fourth-order valence-corrected chi connectivity index (χ4v) is 6.23. The van der Waals surface area contributed by atoms with Crippen LogP contribution in [0.25, 0.3) is 0 Å². The van der Waals surface area contributed by atoms with Crippen LogP contribution in [0, 0.1) is 35.0 Å². The molecule has 0 aromatic heterocycles. The van der Waals surface area contributed by atoms with Gasteiger partial charge >= 0.3 is 0 Å². The molecule has 104 valence electrons. The van der Waals surface area contributed by atoms with Crippen LogP contribution in [0.1, 0.15) is 65.7 Å². The van der Waals surface area contributed by atoms with Crippen molar-refractivity contribution in [3.63, 3.8) is 0 Å². The maximum absolute atomic E-state index is 6.09. The fraction of sp³-hybridized carbons (Fsp3) is 1.00. The lowest BCUT2D eigenvalue weighted by Crippen LogP contribution is -2.52. The lowest BCUT2D eigenvalue weighted by atomic mass is 9.44. The monoisotopic (exact) mass is 249 g/mol. The molecule has 2 N–H and O–H groups in total. The lowest BCUT2D eigenvalue weighted by molar-refractivity contribution is -0.106. The standard InChI is InChI=1S/C17H31N/c1-11(2)7-17-8-13-5-14(9-17)16(4-12(3)18)15(6-13)10-17/h11-16H,4-10,18H2,1-3H3. The maximum atomic E-state index is 6.09. The topological polar surface area (TPSA) is 26.0 Å². The summed E-state index contributed by atoms with van der Waals surface area (Å²) in [5.41, 5.74) is 6.84. The molecule has 1 nitrogen and oxygen atoms in total. The first kappa shape index (κ1) is 13.0. The molecule has 0 aliphatic heterocycles. The van der Waals surface area contributed by atoms with Gasteiger partial charge in [-0.2, -0.15) is 0 Å². The second-order valence-electron chi connectivity index (χ2n) is 8.44. The van der Waals surface area contributed by atoms with Crippen molar-refractivity contribution in [1.29, 1.82) is 0 Å². The van der Waals surface area contributed by atoms with Gasteiger partial charge in [0.15, 0.2) is 0 Å². The Morgan fingerprint density at radius 1 is 1.06 bits per heavy atom. The summed E-state index contributed by atoms with van der Waals surface area (Å²) in [6.45, 7) is 7.03. The van der Waals surface area contributed by atoms with E-state index in [0.717, 1.165) is 35.0 Å². The summed E-state index contributed by atoms with van der Waals surface area (Å²) < 4.78 is 0. The lowest BCUT2D eigenvalue weighted by Gasteiger charge is -2.61. The number of rotatable bonds is 4. The van der Waals surface area contributed by atoms with Gasteiger partial charge < -0.3 is 5.73 Å². The highest BCUT2D eigenvalue weighted by atomic mass is 14.6. The molecule has 3 unspecified atom stereocenters. The number of nitrogens with two attached hydrogens (primary N) is 1. The van der Waals surface area contributed by atoms with Gasteiger partial charge in [0.2, 0.25) is 0 Å². The summed E-state index contributed by atoms with van der Waals surface area (Å²) in [6.07, 6.45) is 10.5. The van der Waals surface area contributed by atoms with Crippen molar-refractivity contribution in [3.05, 3.63) is 0 Å². The molecule has 3 atom stereocenters. The van der Waals surface area contributed by atoms with Crippen molar-refractivity contribution in [2.24, 2.45) is 40.7 Å². The van der Waals surface area contributed by atoms with E-state index in [-0.39, 0.29) is 0 Å². The summed E-state index contributed by atoms with van der Waals surface area (Å²) >= 11 is 0. The highest BCUT2D eigenvalue weighted by molar-refractivity contribution is 5.05. The molecule has 0 heterocycles. The Labute approximate surface area is 113 Å². The third-order valence-electron chi connectivity index (χ3n) is 6.08. The second-order valence-corrected chi connectivity index (χ2v) is 8.44. The van der Waals surface area contributed by atoms with Crippen LogP contribution in [0.15, 0.2) is 0 Å². The Hall–Kier alpha value is -0.0400. The van der Waals surface area contributed by atoms with Gasteiger partial charge in [-0.25, -0.2) is 0 Å². The van der Waals surface area contributed by atoms with Crippen LogP contribution < -0.4 is 5.73 Å². The summed E-state index contributed by atoms with van der Waals surface area (Å²) in [7, 11) is 0. The van der Waals surface area contributed by atoms with E-state index in [1.54, 1.807) is 6.42 Å². The van der Waals surface area contributed by atoms with E-state index in [1.807, 2.05) is 0 Å². The molecule has 0 radical (unpaired) electrons. The van der Waals surface area contributed by atoms with E-state index >= 15 is 0 Å². The van der Waals surface area contributed by atoms with Gasteiger partial charge in [-0.15, -0.1) is 0 Å². The zero-order valence-electron chi connectivity index (χ0n) is 12.5. The van der Waals surface area contributed by atoms with Gasteiger partial charge in [-0.05, 0) is 86.9 Å². The van der Waals surface area contributed by atoms with Crippen LogP contribution in [0.2, 0.25) is 0 Å². The SMILES string of the molecule is CC(C)CC12CC3CC(C1)C(CC(C)N)C(C3)C2. The summed E-state index contributed by atoms with van der Waals surface area (Å²) in [6, 6.07) is 0.411. The third-order valence-corrected chi connectivity index (χ3v) is 6.08. The minimum Gasteiger partial charge on any atom is -0.328 e. The van der Waals surface area contributed by atoms with E-state index in [9.17, 15) is 0 Å². The first-order valence-corrected chi connectivity index (χ1v) is 8.23. The van der Waals surface area contributed by atoms with E-state index in [1.165, 1.54) is 38.5 Å². The van der Waals surface area contributed by atoms with Gasteiger partial charge in [0, 0.05) is 6.04 Å². The Morgan fingerprint density at radius 3 is 2.17 bits per heavy atom. The molecule has 4 rings (SSSR count). The largest absolute Gasteiger partial charge is 0.328 e. The normalized spacial score (nSPS) is 47.8. The van der Waals surface area contributed by atoms with Gasteiger partial charge in [-0.1, -0.05) is 13.8 Å². The summed E-state index contributed by atoms with van der Waals surface area (Å²) in [5.74, 6) is 4.99. The predicted molar refractivity (Wildman–Crippen MR) is 77.2 cm³/mol. The van der Waals surface area contributed by atoms with Crippen LogP contribution in [-0.4, -0.2) is 6.04 Å². The van der Waals surface area contributed by atoms with Crippen molar-refractivity contribution >= 4 is 0 Å². The van der Waals surface area contributed by atoms with Gasteiger partial charge in [0.1, 0.15) is 0 Å². The summed E-state index contributed by atoms with van der Waals surface area (Å²) in [4.78, 5) is 0. The zero-order valence-corrected chi connectivity index (χ0v) is 12.5. The average molecular weight is 249 g/mol. The summed E-state index contributed by atoms with van der Waals surface area (Å²) in [5, 5.41) is 0. The van der Waals surface area contributed by atoms with Crippen LogP contribution in [0.4, 0.5) is 0 Å². The van der Waals surface area contributed by atoms with E-state index < -0.39 is 0 Å². The van der Waals surface area contributed by atoms with E-state index in [4.69, 9.17) is 5.73 Å². The van der Waals surface area contributed by atoms with Crippen molar-refractivity contribution in [2.75, 3.05) is 0 Å². The molecule has 0 saturated heterocycles. The molecule has 4 bridgehead atoms. The molecule has 0 spiro atoms. The Bertz CT molecular complexity index is 287. The maximum Gasteiger partial charge on any atom is 0.00133 e. The van der Waals surface area contributed by atoms with E-state index in [0.29, 0.717) is 6.04 Å². The first-order valence-electron chi connectivity index (χ1n) is 8.23. The van der Waals surface area contributed by atoms with Crippen molar-refractivity contribution in [2.45, 2.75) is 71.8 Å². The Kier molecular flexibility index (Phi) is 3.25. The molecule has 0 amide bonds. The molecular formula is C17H31N. The Morgan fingerprint density at radius 2 is 1.67 bits per heavy atom. The quantitative estimate of drug-likeness (QED) is 0.793. The first-order chi connectivity index (χ1) is 8.47. The van der Waals surface area contributed by atoms with Crippen molar-refractivity contribution < 1.29 is 0 Å². The zero-order chi connectivity index (χ0) is 12.9. The molecule has 1 heteroatoms. The highest BCUT2D eigenvalue weighted by Crippen LogP contribution is 2.64. The van der Waals surface area contributed by atoms with Crippen LogP contribution >= 0.6 is 0 Å². The number of hydrogen-bond donors (Lipinski definition) is 1. The van der Waals surface area contributed by atoms with Gasteiger partial charge in [0.05, 0.1) is 0 Å². The second kappa shape index (κ2) is 4.51.